The van der Waals surface area contributed by atoms with Gasteiger partial charge in [0.2, 0.25) is 0 Å². The Hall–Kier alpha value is -2.00. The van der Waals surface area contributed by atoms with Crippen molar-refractivity contribution in [1.82, 2.24) is 14.8 Å². The smallest absolute Gasteiger partial charge is 0.175 e. The van der Waals surface area contributed by atoms with Crippen molar-refractivity contribution >= 4 is 23.6 Å². The van der Waals surface area contributed by atoms with Gasteiger partial charge >= 0.3 is 0 Å². The number of ketones is 1. The van der Waals surface area contributed by atoms with Crippen LogP contribution in [0.5, 0.6) is 0 Å². The van der Waals surface area contributed by atoms with E-state index < -0.39 is 17.1 Å². The molecule has 5 aliphatic rings. The summed E-state index contributed by atoms with van der Waals surface area (Å²) in [5.74, 6) is 0.701. The Morgan fingerprint density at radius 2 is 2.02 bits per heavy atom. The topological polar surface area (TPSA) is 97.5 Å². The van der Waals surface area contributed by atoms with Crippen molar-refractivity contribution in [2.75, 3.05) is 19.0 Å². The first-order valence-corrected chi connectivity index (χ1v) is 16.1. The molecule has 8 heteroatoms. The van der Waals surface area contributed by atoms with Gasteiger partial charge in [-0.05, 0) is 98.3 Å². The highest BCUT2D eigenvalue weighted by molar-refractivity contribution is 7.99. The molecule has 2 aromatic rings. The molecule has 4 fully saturated rings. The standard InChI is InChI=1S/C32H41N3O4S/c1-30-16-20-18-34-35(22-9-13-39-14-10-22)25(20)15-21(30)6-7-23-24-8-11-32(38,31(24,2)17-26(36)29(23)30)27(37)19-40-28-5-3-4-12-33-28/h3-5,12,15,18,22-24,26,29,36,38H,6-11,13-14,16-17,19H2,1-2H3/t23?,24?,26?,29?,30?,31?,32-/m0/s1. The van der Waals surface area contributed by atoms with E-state index in [1.807, 2.05) is 18.2 Å². The number of hydrogen-bond donors (Lipinski definition) is 2. The lowest BCUT2D eigenvalue weighted by Gasteiger charge is -2.60. The third-order valence-electron chi connectivity index (χ3n) is 11.6. The molecule has 1 saturated heterocycles. The summed E-state index contributed by atoms with van der Waals surface area (Å²) in [7, 11) is 0. The number of carbonyl (C=O) groups excluding carboxylic acids is 1. The minimum atomic E-state index is -1.41. The van der Waals surface area contributed by atoms with Gasteiger partial charge in [-0.15, -0.1) is 0 Å². The van der Waals surface area contributed by atoms with E-state index >= 15 is 0 Å². The maximum atomic E-state index is 13.6. The summed E-state index contributed by atoms with van der Waals surface area (Å²) in [5, 5.41) is 29.6. The molecule has 4 aliphatic carbocycles. The SMILES string of the molecule is CC12Cc3cnn(C4CCOCC4)c3C=C1CCC1C2C(O)CC2(C)C1CC[C@]2(O)C(=O)CSc1ccccn1. The van der Waals surface area contributed by atoms with Gasteiger partial charge < -0.3 is 14.9 Å². The van der Waals surface area contributed by atoms with Crippen molar-refractivity contribution in [3.05, 3.63) is 47.4 Å². The van der Waals surface area contributed by atoms with Crippen molar-refractivity contribution in [3.63, 3.8) is 0 Å². The molecule has 1 aliphatic heterocycles. The van der Waals surface area contributed by atoms with Crippen LogP contribution in [0.3, 0.4) is 0 Å². The van der Waals surface area contributed by atoms with Crippen LogP contribution in [0.15, 0.2) is 41.2 Å². The number of rotatable bonds is 5. The third kappa shape index (κ3) is 3.92. The molecule has 0 amide bonds. The monoisotopic (exact) mass is 563 g/mol. The fourth-order valence-electron chi connectivity index (χ4n) is 9.58. The van der Waals surface area contributed by atoms with E-state index in [9.17, 15) is 15.0 Å². The number of ether oxygens (including phenoxy) is 1. The molecule has 6 unspecified atom stereocenters. The van der Waals surface area contributed by atoms with Gasteiger partial charge in [-0.25, -0.2) is 4.98 Å². The largest absolute Gasteiger partial charge is 0.393 e. The molecule has 7 nitrogen and oxygen atoms in total. The summed E-state index contributed by atoms with van der Waals surface area (Å²) in [6.45, 7) is 6.02. The van der Waals surface area contributed by atoms with Gasteiger partial charge in [-0.2, -0.15) is 5.10 Å². The van der Waals surface area contributed by atoms with E-state index in [0.29, 0.717) is 18.9 Å². The highest BCUT2D eigenvalue weighted by atomic mass is 32.2. The van der Waals surface area contributed by atoms with E-state index in [0.717, 1.165) is 56.8 Å². The van der Waals surface area contributed by atoms with Gasteiger partial charge in [0.05, 0.1) is 34.8 Å². The van der Waals surface area contributed by atoms with Gasteiger partial charge in [0.1, 0.15) is 5.60 Å². The normalized spacial score (nSPS) is 39.0. The van der Waals surface area contributed by atoms with Crippen LogP contribution in [0.2, 0.25) is 0 Å². The Balaban J connectivity index is 1.14. The lowest BCUT2D eigenvalue weighted by atomic mass is 9.45. The molecule has 7 rings (SSSR count). The Bertz CT molecular complexity index is 1320. The van der Waals surface area contributed by atoms with Crippen LogP contribution in [0.1, 0.15) is 76.1 Å². The van der Waals surface area contributed by atoms with E-state index in [1.54, 1.807) is 6.20 Å². The first-order chi connectivity index (χ1) is 19.2. The minimum absolute atomic E-state index is 0.116. The second kappa shape index (κ2) is 9.79. The number of Topliss-reactive ketones (excluding diaryl/α,β-unsaturated/α-hetero) is 1. The summed E-state index contributed by atoms with van der Waals surface area (Å²) in [4.78, 5) is 17.9. The molecular weight excluding hydrogens is 522 g/mol. The molecule has 3 heterocycles. The van der Waals surface area contributed by atoms with Crippen molar-refractivity contribution < 1.29 is 19.7 Å². The predicted octanol–water partition coefficient (Wildman–Crippen LogP) is 4.88. The van der Waals surface area contributed by atoms with Gasteiger partial charge in [-0.1, -0.05) is 37.2 Å². The van der Waals surface area contributed by atoms with E-state index in [1.165, 1.54) is 28.6 Å². The Morgan fingerprint density at radius 1 is 1.20 bits per heavy atom. The molecule has 2 aromatic heterocycles. The van der Waals surface area contributed by atoms with Crippen molar-refractivity contribution in [1.29, 1.82) is 0 Å². The number of aromatic nitrogens is 3. The zero-order valence-electron chi connectivity index (χ0n) is 23.6. The summed E-state index contributed by atoms with van der Waals surface area (Å²) in [5.41, 5.74) is 1.80. The fraction of sp³-hybridized carbons (Fsp3) is 0.656. The van der Waals surface area contributed by atoms with Crippen LogP contribution in [0.25, 0.3) is 6.08 Å². The van der Waals surface area contributed by atoms with Crippen LogP contribution in [-0.2, 0) is 16.0 Å². The van der Waals surface area contributed by atoms with Crippen LogP contribution in [-0.4, -0.2) is 61.4 Å². The highest BCUT2D eigenvalue weighted by Crippen LogP contribution is 2.67. The molecular formula is C32H41N3O4S. The first-order valence-electron chi connectivity index (χ1n) is 15.1. The molecule has 7 atom stereocenters. The third-order valence-corrected chi connectivity index (χ3v) is 12.5. The highest BCUT2D eigenvalue weighted by Gasteiger charge is 2.68. The summed E-state index contributed by atoms with van der Waals surface area (Å²) >= 11 is 1.39. The Kier molecular flexibility index (Phi) is 6.57. The lowest BCUT2D eigenvalue weighted by molar-refractivity contribution is -0.177. The summed E-state index contributed by atoms with van der Waals surface area (Å²) in [6.07, 6.45) is 12.3. The zero-order chi connectivity index (χ0) is 27.7. The number of pyridine rings is 1. The Morgan fingerprint density at radius 3 is 2.80 bits per heavy atom. The van der Waals surface area contributed by atoms with Gasteiger partial charge in [0.15, 0.2) is 5.78 Å². The second-order valence-electron chi connectivity index (χ2n) is 13.4. The van der Waals surface area contributed by atoms with E-state index in [4.69, 9.17) is 9.84 Å². The number of hydrogen-bond acceptors (Lipinski definition) is 7. The summed E-state index contributed by atoms with van der Waals surface area (Å²) < 4.78 is 7.83. The second-order valence-corrected chi connectivity index (χ2v) is 14.4. The number of aliphatic hydroxyl groups excluding tert-OH is 1. The number of thioether (sulfide) groups is 1. The lowest BCUT2D eigenvalue weighted by Crippen LogP contribution is -2.62. The predicted molar refractivity (Wildman–Crippen MR) is 154 cm³/mol. The molecule has 2 N–H and O–H groups in total. The van der Waals surface area contributed by atoms with Crippen molar-refractivity contribution in [3.8, 4) is 0 Å². The molecule has 40 heavy (non-hydrogen) atoms. The Labute approximate surface area is 240 Å². The van der Waals surface area contributed by atoms with Gasteiger partial charge in [0.25, 0.3) is 0 Å². The number of aliphatic hydroxyl groups is 2. The fourth-order valence-corrected chi connectivity index (χ4v) is 10.4. The van der Waals surface area contributed by atoms with Crippen LogP contribution < -0.4 is 0 Å². The van der Waals surface area contributed by atoms with Crippen LogP contribution >= 0.6 is 11.8 Å². The minimum Gasteiger partial charge on any atom is -0.393 e. The molecule has 0 aromatic carbocycles. The molecule has 214 valence electrons. The quantitative estimate of drug-likeness (QED) is 0.501. The molecule has 0 bridgehead atoms. The van der Waals surface area contributed by atoms with Crippen molar-refractivity contribution in [2.24, 2.45) is 28.6 Å². The number of allylic oxidation sites excluding steroid dienone is 1. The van der Waals surface area contributed by atoms with E-state index in [-0.39, 0.29) is 34.7 Å². The number of fused-ring (bicyclic) bond motifs is 6. The summed E-state index contributed by atoms with van der Waals surface area (Å²) in [6, 6.07) is 6.06. The average Bonchev–Trinajstić information content (AvgIpc) is 3.48. The van der Waals surface area contributed by atoms with Gasteiger partial charge in [0, 0.05) is 24.8 Å². The van der Waals surface area contributed by atoms with Crippen LogP contribution in [0.4, 0.5) is 0 Å². The zero-order valence-corrected chi connectivity index (χ0v) is 24.4. The maximum absolute atomic E-state index is 13.6. The maximum Gasteiger partial charge on any atom is 0.175 e. The molecule has 0 spiro atoms. The first kappa shape index (κ1) is 26.9. The number of nitrogens with zero attached hydrogens (tertiary/aromatic N) is 3. The van der Waals surface area contributed by atoms with Crippen LogP contribution in [0, 0.1) is 28.6 Å². The number of carbonyl (C=O) groups is 1. The average molecular weight is 564 g/mol. The molecule has 3 saturated carbocycles. The van der Waals surface area contributed by atoms with Gasteiger partial charge in [-0.3, -0.25) is 9.48 Å². The van der Waals surface area contributed by atoms with E-state index in [2.05, 4.69) is 35.8 Å². The van der Waals surface area contributed by atoms with Crippen molar-refractivity contribution in [2.45, 2.75) is 88.0 Å². The molecule has 0 radical (unpaired) electrons.